The summed E-state index contributed by atoms with van der Waals surface area (Å²) in [6, 6.07) is -0.0516. The number of esters is 1. The topological polar surface area (TPSA) is 44.1 Å². The molecule has 1 aromatic heterocycles. The van der Waals surface area contributed by atoms with Gasteiger partial charge >= 0.3 is 12.1 Å². The number of carbonyl (C=O) groups is 1. The molecule has 0 spiro atoms. The van der Waals surface area contributed by atoms with E-state index in [1.807, 2.05) is 0 Å². The van der Waals surface area contributed by atoms with Crippen molar-refractivity contribution in [1.29, 1.82) is 0 Å². The molecule has 19 heavy (non-hydrogen) atoms. The molecule has 0 unspecified atom stereocenters. The van der Waals surface area contributed by atoms with Gasteiger partial charge in [0.15, 0.2) is 5.69 Å². The summed E-state index contributed by atoms with van der Waals surface area (Å²) in [5, 5.41) is 3.56. The Morgan fingerprint density at radius 1 is 1.47 bits per heavy atom. The van der Waals surface area contributed by atoms with Crippen molar-refractivity contribution in [2.45, 2.75) is 44.8 Å². The van der Waals surface area contributed by atoms with Crippen molar-refractivity contribution in [3.63, 3.8) is 0 Å². The van der Waals surface area contributed by atoms with E-state index in [2.05, 4.69) is 9.84 Å². The second kappa shape index (κ2) is 5.22. The van der Waals surface area contributed by atoms with Gasteiger partial charge in [-0.05, 0) is 19.8 Å². The lowest BCUT2D eigenvalue weighted by Gasteiger charge is -2.09. The van der Waals surface area contributed by atoms with Crippen LogP contribution < -0.4 is 0 Å². The van der Waals surface area contributed by atoms with Crippen LogP contribution in [0, 0.1) is 0 Å². The molecule has 0 aliphatic heterocycles. The highest BCUT2D eigenvalue weighted by Crippen LogP contribution is 2.34. The summed E-state index contributed by atoms with van der Waals surface area (Å²) in [6.45, 7) is 1.58. The largest absolute Gasteiger partial charge is 0.462 e. The lowest BCUT2D eigenvalue weighted by molar-refractivity contribution is -0.142. The van der Waals surface area contributed by atoms with Gasteiger partial charge in [-0.2, -0.15) is 18.3 Å². The van der Waals surface area contributed by atoms with Gasteiger partial charge in [-0.1, -0.05) is 12.8 Å². The molecule has 1 aromatic rings. The molecule has 1 fully saturated rings. The van der Waals surface area contributed by atoms with Crippen molar-refractivity contribution in [3.8, 4) is 0 Å². The number of rotatable bonds is 3. The number of carbonyl (C=O) groups excluding carboxylic acids is 1. The molecule has 0 bridgehead atoms. The third-order valence-corrected chi connectivity index (χ3v) is 3.19. The summed E-state index contributed by atoms with van der Waals surface area (Å²) < 4.78 is 44.5. The molecule has 1 heterocycles. The Bertz CT molecular complexity index is 462. The summed E-state index contributed by atoms with van der Waals surface area (Å²) in [7, 11) is 0. The summed E-state index contributed by atoms with van der Waals surface area (Å²) in [6.07, 6.45) is 0.0481. The Balaban J connectivity index is 2.36. The maximum absolute atomic E-state index is 12.9. The molecular formula is C12H15F3N2O2. The first-order chi connectivity index (χ1) is 8.93. The number of nitrogens with zero attached hydrogens (tertiary/aromatic N) is 2. The average molecular weight is 276 g/mol. The first kappa shape index (κ1) is 13.9. The highest BCUT2D eigenvalue weighted by Gasteiger charge is 2.40. The molecule has 0 radical (unpaired) electrons. The molecule has 1 aliphatic carbocycles. The molecule has 0 atom stereocenters. The maximum Gasteiger partial charge on any atom is 0.436 e. The monoisotopic (exact) mass is 276 g/mol. The summed E-state index contributed by atoms with van der Waals surface area (Å²) >= 11 is 0. The summed E-state index contributed by atoms with van der Waals surface area (Å²) in [5.41, 5.74) is -1.65. The standard InChI is InChI=1S/C12H15F3N2O2/c1-2-19-11(18)9-7-17(8-5-3-4-6-8)16-10(9)12(13,14)15/h7-8H,2-6H2,1H3. The van der Waals surface area contributed by atoms with Crippen LogP contribution in [0.15, 0.2) is 6.20 Å². The van der Waals surface area contributed by atoms with E-state index in [1.54, 1.807) is 6.92 Å². The van der Waals surface area contributed by atoms with Crippen LogP contribution in [0.1, 0.15) is 54.7 Å². The van der Waals surface area contributed by atoms with Crippen molar-refractivity contribution in [1.82, 2.24) is 9.78 Å². The summed E-state index contributed by atoms with van der Waals surface area (Å²) in [4.78, 5) is 11.6. The van der Waals surface area contributed by atoms with Crippen LogP contribution in [0.4, 0.5) is 13.2 Å². The fourth-order valence-electron chi connectivity index (χ4n) is 2.32. The van der Waals surface area contributed by atoms with Gasteiger partial charge in [0.05, 0.1) is 12.6 Å². The number of aromatic nitrogens is 2. The van der Waals surface area contributed by atoms with Gasteiger partial charge in [-0.3, -0.25) is 4.68 Å². The molecule has 1 saturated carbocycles. The Morgan fingerprint density at radius 3 is 2.63 bits per heavy atom. The SMILES string of the molecule is CCOC(=O)c1cn(C2CCCC2)nc1C(F)(F)F. The molecule has 0 aromatic carbocycles. The van der Waals surface area contributed by atoms with Crippen LogP contribution in [0.25, 0.3) is 0 Å². The van der Waals surface area contributed by atoms with E-state index >= 15 is 0 Å². The maximum atomic E-state index is 12.9. The predicted octanol–water partition coefficient (Wildman–Crippen LogP) is 3.19. The van der Waals surface area contributed by atoms with Gasteiger partial charge in [0.2, 0.25) is 0 Å². The highest BCUT2D eigenvalue weighted by molar-refractivity contribution is 5.90. The van der Waals surface area contributed by atoms with Crippen molar-refractivity contribution in [3.05, 3.63) is 17.5 Å². The van der Waals surface area contributed by atoms with E-state index in [1.165, 1.54) is 4.68 Å². The Labute approximate surface area is 108 Å². The molecule has 2 rings (SSSR count). The van der Waals surface area contributed by atoms with Crippen LogP contribution in [0.2, 0.25) is 0 Å². The molecule has 0 saturated heterocycles. The normalized spacial score (nSPS) is 16.8. The second-order valence-electron chi connectivity index (χ2n) is 4.53. The van der Waals surface area contributed by atoms with Crippen molar-refractivity contribution >= 4 is 5.97 Å². The number of halogens is 3. The third kappa shape index (κ3) is 2.90. The molecular weight excluding hydrogens is 261 g/mol. The molecule has 106 valence electrons. The second-order valence-corrected chi connectivity index (χ2v) is 4.53. The average Bonchev–Trinajstić information content (AvgIpc) is 2.97. The number of ether oxygens (including phenoxy) is 1. The Kier molecular flexibility index (Phi) is 3.82. The first-order valence-electron chi connectivity index (χ1n) is 6.27. The van der Waals surface area contributed by atoms with Crippen LogP contribution in [0.5, 0.6) is 0 Å². The first-order valence-corrected chi connectivity index (χ1v) is 6.27. The third-order valence-electron chi connectivity index (χ3n) is 3.19. The molecule has 7 heteroatoms. The number of hydrogen-bond acceptors (Lipinski definition) is 3. The van der Waals surface area contributed by atoms with E-state index in [4.69, 9.17) is 0 Å². The lowest BCUT2D eigenvalue weighted by atomic mass is 10.2. The zero-order chi connectivity index (χ0) is 14.0. The minimum Gasteiger partial charge on any atom is -0.462 e. The van der Waals surface area contributed by atoms with E-state index in [0.29, 0.717) is 0 Å². The zero-order valence-corrected chi connectivity index (χ0v) is 10.5. The Hall–Kier alpha value is -1.53. The van der Waals surface area contributed by atoms with Gasteiger partial charge in [-0.25, -0.2) is 4.79 Å². The quantitative estimate of drug-likeness (QED) is 0.796. The Morgan fingerprint density at radius 2 is 2.11 bits per heavy atom. The fourth-order valence-corrected chi connectivity index (χ4v) is 2.32. The minimum absolute atomic E-state index is 0.0325. The van der Waals surface area contributed by atoms with Crippen molar-refractivity contribution in [2.75, 3.05) is 6.61 Å². The smallest absolute Gasteiger partial charge is 0.436 e. The molecule has 1 aliphatic rings. The van der Waals surface area contributed by atoms with Crippen molar-refractivity contribution < 1.29 is 22.7 Å². The van der Waals surface area contributed by atoms with Crippen LogP contribution in [0.3, 0.4) is 0 Å². The van der Waals surface area contributed by atoms with E-state index in [0.717, 1.165) is 31.9 Å². The fraction of sp³-hybridized carbons (Fsp3) is 0.667. The van der Waals surface area contributed by atoms with Gasteiger partial charge < -0.3 is 4.74 Å². The van der Waals surface area contributed by atoms with Gasteiger partial charge in [-0.15, -0.1) is 0 Å². The van der Waals surface area contributed by atoms with Crippen LogP contribution >= 0.6 is 0 Å². The number of hydrogen-bond donors (Lipinski definition) is 0. The molecule has 0 amide bonds. The van der Waals surface area contributed by atoms with Crippen LogP contribution in [-0.4, -0.2) is 22.4 Å². The minimum atomic E-state index is -4.65. The predicted molar refractivity (Wildman–Crippen MR) is 60.7 cm³/mol. The number of alkyl halides is 3. The van der Waals surface area contributed by atoms with Gasteiger partial charge in [0.1, 0.15) is 5.56 Å². The van der Waals surface area contributed by atoms with Gasteiger partial charge in [0, 0.05) is 6.20 Å². The summed E-state index contributed by atoms with van der Waals surface area (Å²) in [5.74, 6) is -0.973. The van der Waals surface area contributed by atoms with Gasteiger partial charge in [0.25, 0.3) is 0 Å². The van der Waals surface area contributed by atoms with Crippen LogP contribution in [-0.2, 0) is 10.9 Å². The zero-order valence-electron chi connectivity index (χ0n) is 10.5. The van der Waals surface area contributed by atoms with E-state index in [-0.39, 0.29) is 12.6 Å². The highest BCUT2D eigenvalue weighted by atomic mass is 19.4. The molecule has 0 N–H and O–H groups in total. The molecule has 4 nitrogen and oxygen atoms in total. The van der Waals surface area contributed by atoms with E-state index in [9.17, 15) is 18.0 Å². The van der Waals surface area contributed by atoms with Crippen molar-refractivity contribution in [2.24, 2.45) is 0 Å². The lowest BCUT2D eigenvalue weighted by Crippen LogP contribution is -2.14. The van der Waals surface area contributed by atoms with E-state index < -0.39 is 23.4 Å².